The molecular weight excluding hydrogens is 251 g/mol. The number of nitrogens with zero attached hydrogens (tertiary/aromatic N) is 1. The van der Waals surface area contributed by atoms with E-state index in [9.17, 15) is 14.0 Å². The smallest absolute Gasteiger partial charge is 0.265 e. The molecule has 5 nitrogen and oxygen atoms in total. The number of halogens is 1. The predicted octanol–water partition coefficient (Wildman–Crippen LogP) is 0.830. The molecule has 0 radical (unpaired) electrons. The van der Waals surface area contributed by atoms with Gasteiger partial charge in [-0.2, -0.15) is 0 Å². The third-order valence-electron chi connectivity index (χ3n) is 3.11. The average molecular weight is 264 g/mol. The van der Waals surface area contributed by atoms with Gasteiger partial charge >= 0.3 is 0 Å². The minimum atomic E-state index is -0.468. The second-order valence-electron chi connectivity index (χ2n) is 4.72. The van der Waals surface area contributed by atoms with Crippen molar-refractivity contribution in [2.24, 2.45) is 0 Å². The van der Waals surface area contributed by atoms with Crippen molar-refractivity contribution in [1.82, 2.24) is 5.32 Å². The second-order valence-corrected chi connectivity index (χ2v) is 4.72. The first-order valence-corrected chi connectivity index (χ1v) is 6.15. The quantitative estimate of drug-likeness (QED) is 0.879. The van der Waals surface area contributed by atoms with E-state index in [0.717, 1.165) is 12.8 Å². The van der Waals surface area contributed by atoms with E-state index in [0.29, 0.717) is 11.4 Å². The number of rotatable bonds is 3. The summed E-state index contributed by atoms with van der Waals surface area (Å²) in [7, 11) is 0. The van der Waals surface area contributed by atoms with Crippen LogP contribution in [0.2, 0.25) is 0 Å². The van der Waals surface area contributed by atoms with Gasteiger partial charge in [-0.15, -0.1) is 0 Å². The van der Waals surface area contributed by atoms with Gasteiger partial charge < -0.3 is 10.1 Å². The summed E-state index contributed by atoms with van der Waals surface area (Å²) in [5, 5.41) is 2.80. The Balaban J connectivity index is 1.81. The number of amides is 2. The molecule has 1 fully saturated rings. The number of ether oxygens (including phenoxy) is 1. The van der Waals surface area contributed by atoms with Gasteiger partial charge in [-0.25, -0.2) is 4.39 Å². The highest BCUT2D eigenvalue weighted by atomic mass is 19.1. The maximum atomic E-state index is 13.3. The van der Waals surface area contributed by atoms with E-state index in [4.69, 9.17) is 4.74 Å². The Morgan fingerprint density at radius 1 is 1.47 bits per heavy atom. The van der Waals surface area contributed by atoms with Gasteiger partial charge in [0.1, 0.15) is 18.1 Å². The molecule has 0 bridgehead atoms. The molecule has 0 aromatic heterocycles. The summed E-state index contributed by atoms with van der Waals surface area (Å²) in [5.41, 5.74) is 0.308. The normalized spacial score (nSPS) is 17.7. The number of hydrogen-bond acceptors (Lipinski definition) is 3. The largest absolute Gasteiger partial charge is 0.482 e. The van der Waals surface area contributed by atoms with Crippen LogP contribution in [-0.2, 0) is 9.59 Å². The van der Waals surface area contributed by atoms with Crippen LogP contribution >= 0.6 is 0 Å². The summed E-state index contributed by atoms with van der Waals surface area (Å²) in [6.07, 6.45) is 1.96. The minimum absolute atomic E-state index is 0.102. The van der Waals surface area contributed by atoms with Crippen molar-refractivity contribution in [1.29, 1.82) is 0 Å². The highest BCUT2D eigenvalue weighted by Crippen LogP contribution is 2.32. The first-order chi connectivity index (χ1) is 9.13. The maximum Gasteiger partial charge on any atom is 0.265 e. The van der Waals surface area contributed by atoms with Crippen molar-refractivity contribution in [3.63, 3.8) is 0 Å². The van der Waals surface area contributed by atoms with Gasteiger partial charge in [-0.1, -0.05) is 0 Å². The molecule has 0 saturated heterocycles. The highest BCUT2D eigenvalue weighted by molar-refractivity contribution is 6.02. The van der Waals surface area contributed by atoms with Crippen molar-refractivity contribution in [2.75, 3.05) is 18.1 Å². The van der Waals surface area contributed by atoms with Crippen LogP contribution in [0.25, 0.3) is 0 Å². The molecule has 0 atom stereocenters. The van der Waals surface area contributed by atoms with E-state index in [2.05, 4.69) is 5.32 Å². The van der Waals surface area contributed by atoms with Gasteiger partial charge in [-0.05, 0) is 25.0 Å². The molecule has 1 saturated carbocycles. The minimum Gasteiger partial charge on any atom is -0.482 e. The van der Waals surface area contributed by atoms with E-state index in [1.165, 1.54) is 23.1 Å². The van der Waals surface area contributed by atoms with E-state index >= 15 is 0 Å². The summed E-state index contributed by atoms with van der Waals surface area (Å²) in [5.74, 6) is -0.623. The predicted molar refractivity (Wildman–Crippen MR) is 65.4 cm³/mol. The van der Waals surface area contributed by atoms with Gasteiger partial charge in [0.2, 0.25) is 5.91 Å². The zero-order valence-corrected chi connectivity index (χ0v) is 10.2. The van der Waals surface area contributed by atoms with Crippen molar-refractivity contribution in [3.8, 4) is 5.75 Å². The van der Waals surface area contributed by atoms with Crippen molar-refractivity contribution in [2.45, 2.75) is 18.9 Å². The van der Waals surface area contributed by atoms with Crippen molar-refractivity contribution < 1.29 is 18.7 Å². The summed E-state index contributed by atoms with van der Waals surface area (Å²) >= 11 is 0. The lowest BCUT2D eigenvalue weighted by Gasteiger charge is -2.28. The molecule has 1 heterocycles. The Labute approximate surface area is 109 Å². The molecule has 6 heteroatoms. The van der Waals surface area contributed by atoms with Crippen molar-refractivity contribution >= 4 is 17.5 Å². The number of carbonyl (C=O) groups excluding carboxylic acids is 2. The molecule has 1 aliphatic carbocycles. The van der Waals surface area contributed by atoms with Gasteiger partial charge in [-0.3, -0.25) is 14.5 Å². The Hall–Kier alpha value is -2.11. The van der Waals surface area contributed by atoms with Crippen LogP contribution in [0.3, 0.4) is 0 Å². The van der Waals surface area contributed by atoms with Crippen LogP contribution in [-0.4, -0.2) is 31.0 Å². The zero-order valence-electron chi connectivity index (χ0n) is 10.2. The maximum absolute atomic E-state index is 13.3. The molecule has 1 N–H and O–H groups in total. The molecule has 100 valence electrons. The van der Waals surface area contributed by atoms with Crippen LogP contribution in [0.5, 0.6) is 5.75 Å². The third-order valence-corrected chi connectivity index (χ3v) is 3.11. The van der Waals surface area contributed by atoms with Crippen molar-refractivity contribution in [3.05, 3.63) is 24.0 Å². The van der Waals surface area contributed by atoms with Crippen LogP contribution in [0, 0.1) is 5.82 Å². The first-order valence-electron chi connectivity index (χ1n) is 6.15. The number of anilines is 1. The average Bonchev–Trinajstić information content (AvgIpc) is 3.17. The highest BCUT2D eigenvalue weighted by Gasteiger charge is 2.30. The second kappa shape index (κ2) is 4.53. The van der Waals surface area contributed by atoms with E-state index in [1.807, 2.05) is 0 Å². The Morgan fingerprint density at radius 3 is 3.00 bits per heavy atom. The van der Waals surface area contributed by atoms with Gasteiger partial charge in [0.15, 0.2) is 6.61 Å². The van der Waals surface area contributed by atoms with E-state index < -0.39 is 5.82 Å². The fraction of sp³-hybridized carbons (Fsp3) is 0.385. The van der Waals surface area contributed by atoms with Crippen LogP contribution in [0.15, 0.2) is 18.2 Å². The fourth-order valence-corrected chi connectivity index (χ4v) is 1.99. The van der Waals surface area contributed by atoms with E-state index in [-0.39, 0.29) is 31.0 Å². The Bertz CT molecular complexity index is 543. The Kier molecular flexibility index (Phi) is 2.85. The van der Waals surface area contributed by atoms with Gasteiger partial charge in [0.25, 0.3) is 5.91 Å². The SMILES string of the molecule is O=C(CN1C(=O)COc2ccc(F)cc21)NC1CC1. The molecular formula is C13H13FN2O3. The summed E-state index contributed by atoms with van der Waals surface area (Å²) < 4.78 is 18.5. The molecule has 1 aromatic carbocycles. The summed E-state index contributed by atoms with van der Waals surface area (Å²) in [6.45, 7) is -0.232. The number of benzene rings is 1. The number of nitrogens with one attached hydrogen (secondary N) is 1. The lowest BCUT2D eigenvalue weighted by Crippen LogP contribution is -2.45. The number of carbonyl (C=O) groups is 2. The fourth-order valence-electron chi connectivity index (χ4n) is 1.99. The van der Waals surface area contributed by atoms with E-state index in [1.54, 1.807) is 0 Å². The topological polar surface area (TPSA) is 58.6 Å². The molecule has 2 amide bonds. The molecule has 3 rings (SSSR count). The molecule has 19 heavy (non-hydrogen) atoms. The summed E-state index contributed by atoms with van der Waals surface area (Å²) in [4.78, 5) is 24.8. The lowest BCUT2D eigenvalue weighted by atomic mass is 10.2. The molecule has 0 unspecified atom stereocenters. The molecule has 1 aromatic rings. The Morgan fingerprint density at radius 2 is 2.26 bits per heavy atom. The van der Waals surface area contributed by atoms with Gasteiger partial charge in [0.05, 0.1) is 5.69 Å². The van der Waals surface area contributed by atoms with Crippen LogP contribution < -0.4 is 15.0 Å². The van der Waals surface area contributed by atoms with Crippen LogP contribution in [0.1, 0.15) is 12.8 Å². The first kappa shape index (κ1) is 12.0. The third kappa shape index (κ3) is 2.52. The standard InChI is InChI=1S/C13H13FN2O3/c14-8-1-4-11-10(5-8)16(13(18)7-19-11)6-12(17)15-9-2-3-9/h1,4-5,9H,2-3,6-7H2,(H,15,17). The zero-order chi connectivity index (χ0) is 13.4. The summed E-state index contributed by atoms with van der Waals surface area (Å²) in [6, 6.07) is 4.16. The molecule has 1 aliphatic heterocycles. The monoisotopic (exact) mass is 264 g/mol. The number of fused-ring (bicyclic) bond motifs is 1. The number of hydrogen-bond donors (Lipinski definition) is 1. The molecule has 0 spiro atoms. The molecule has 2 aliphatic rings. The van der Waals surface area contributed by atoms with Gasteiger partial charge in [0, 0.05) is 12.1 Å². The van der Waals surface area contributed by atoms with Crippen LogP contribution in [0.4, 0.5) is 10.1 Å². The lowest BCUT2D eigenvalue weighted by molar-refractivity contribution is -0.125.